The normalized spacial score (nSPS) is 10.5. The molecule has 0 atom stereocenters. The molecule has 0 spiro atoms. The van der Waals surface area contributed by atoms with Crippen LogP contribution in [-0.4, -0.2) is 4.99 Å². The zero-order valence-electron chi connectivity index (χ0n) is 10.8. The van der Waals surface area contributed by atoms with E-state index in [9.17, 15) is 8.78 Å². The molecule has 0 radical (unpaired) electrons. The van der Waals surface area contributed by atoms with Gasteiger partial charge < -0.3 is 11.1 Å². The zero-order valence-corrected chi connectivity index (χ0v) is 14.8. The molecule has 2 aromatic carbocycles. The van der Waals surface area contributed by atoms with Crippen molar-refractivity contribution in [1.29, 1.82) is 0 Å². The number of halogens is 4. The summed E-state index contributed by atoms with van der Waals surface area (Å²) in [7, 11) is 0. The Balaban J connectivity index is 2.43. The first-order chi connectivity index (χ1) is 9.81. The maximum atomic E-state index is 14.3. The number of hydrogen-bond donors (Lipinski definition) is 2. The van der Waals surface area contributed by atoms with Crippen LogP contribution in [-0.2, 0) is 0 Å². The summed E-state index contributed by atoms with van der Waals surface area (Å²) in [6, 6.07) is 6.07. The van der Waals surface area contributed by atoms with Crippen molar-refractivity contribution in [3.8, 4) is 0 Å². The van der Waals surface area contributed by atoms with Gasteiger partial charge in [-0.05, 0) is 68.6 Å². The molecule has 110 valence electrons. The van der Waals surface area contributed by atoms with Gasteiger partial charge in [0.1, 0.15) is 10.8 Å². The Bertz CT molecular complexity index is 735. The second-order valence-corrected chi connectivity index (χ2v) is 6.45. The molecule has 3 N–H and O–H groups in total. The second kappa shape index (κ2) is 6.37. The summed E-state index contributed by atoms with van der Waals surface area (Å²) in [4.78, 5) is 0.105. The number of nitrogens with one attached hydrogen (secondary N) is 1. The molecule has 2 rings (SSSR count). The van der Waals surface area contributed by atoms with Crippen molar-refractivity contribution in [2.24, 2.45) is 5.73 Å². The number of benzene rings is 2. The molecule has 0 saturated carbocycles. The Labute approximate surface area is 143 Å². The molecule has 2 aromatic rings. The Morgan fingerprint density at radius 2 is 1.86 bits per heavy atom. The number of thiocarbonyl (C=S) groups is 1. The van der Waals surface area contributed by atoms with Crippen molar-refractivity contribution >= 4 is 60.4 Å². The summed E-state index contributed by atoms with van der Waals surface area (Å²) in [5, 5.41) is 2.93. The summed E-state index contributed by atoms with van der Waals surface area (Å²) >= 11 is 11.1. The summed E-state index contributed by atoms with van der Waals surface area (Å²) in [5.74, 6) is -0.885. The highest BCUT2D eigenvalue weighted by Gasteiger charge is 2.14. The number of rotatable bonds is 3. The van der Waals surface area contributed by atoms with Crippen molar-refractivity contribution in [1.82, 2.24) is 0 Å². The van der Waals surface area contributed by atoms with Gasteiger partial charge in [-0.25, -0.2) is 8.78 Å². The monoisotopic (exact) mass is 434 g/mol. The van der Waals surface area contributed by atoms with E-state index in [4.69, 9.17) is 18.0 Å². The molecule has 0 bridgehead atoms. The smallest absolute Gasteiger partial charge is 0.161 e. The average Bonchev–Trinajstić information content (AvgIpc) is 2.40. The van der Waals surface area contributed by atoms with Crippen LogP contribution in [0, 0.1) is 18.6 Å². The number of aryl methyl sites for hydroxylation is 1. The van der Waals surface area contributed by atoms with Gasteiger partial charge >= 0.3 is 0 Å². The minimum Gasteiger partial charge on any atom is -0.389 e. The predicted molar refractivity (Wildman–Crippen MR) is 92.1 cm³/mol. The van der Waals surface area contributed by atoms with Crippen LogP contribution in [0.1, 0.15) is 11.1 Å². The lowest BCUT2D eigenvalue weighted by Crippen LogP contribution is -2.11. The summed E-state index contributed by atoms with van der Waals surface area (Å²) in [5.41, 5.74) is 7.43. The van der Waals surface area contributed by atoms with Crippen LogP contribution in [0.2, 0.25) is 0 Å². The molecule has 0 heterocycles. The van der Waals surface area contributed by atoms with E-state index >= 15 is 0 Å². The van der Waals surface area contributed by atoms with Crippen LogP contribution in [0.3, 0.4) is 0 Å². The van der Waals surface area contributed by atoms with Crippen LogP contribution < -0.4 is 11.1 Å². The van der Waals surface area contributed by atoms with Crippen LogP contribution in [0.25, 0.3) is 0 Å². The van der Waals surface area contributed by atoms with Gasteiger partial charge in [-0.2, -0.15) is 0 Å². The molecule has 0 saturated heterocycles. The van der Waals surface area contributed by atoms with Crippen molar-refractivity contribution in [2.45, 2.75) is 6.92 Å². The summed E-state index contributed by atoms with van der Waals surface area (Å²) in [6.45, 7) is 1.73. The first-order valence-corrected chi connectivity index (χ1v) is 7.81. The first kappa shape index (κ1) is 16.3. The van der Waals surface area contributed by atoms with Gasteiger partial charge in [0.25, 0.3) is 0 Å². The van der Waals surface area contributed by atoms with Gasteiger partial charge in [-0.1, -0.05) is 12.2 Å². The molecule has 0 aromatic heterocycles. The molecule has 7 heteroatoms. The molecule has 0 aliphatic heterocycles. The lowest BCUT2D eigenvalue weighted by Gasteiger charge is -2.13. The van der Waals surface area contributed by atoms with Crippen LogP contribution in [0.5, 0.6) is 0 Å². The molecule has 0 fully saturated rings. The molecule has 0 aliphatic rings. The maximum Gasteiger partial charge on any atom is 0.161 e. The van der Waals surface area contributed by atoms with E-state index in [0.29, 0.717) is 21.3 Å². The summed E-state index contributed by atoms with van der Waals surface area (Å²) < 4.78 is 28.2. The van der Waals surface area contributed by atoms with Crippen molar-refractivity contribution < 1.29 is 8.78 Å². The van der Waals surface area contributed by atoms with Gasteiger partial charge in [-0.15, -0.1) is 0 Å². The van der Waals surface area contributed by atoms with E-state index in [-0.39, 0.29) is 21.0 Å². The Morgan fingerprint density at radius 3 is 2.48 bits per heavy atom. The fourth-order valence-corrected chi connectivity index (χ4v) is 2.97. The van der Waals surface area contributed by atoms with Crippen LogP contribution in [0.15, 0.2) is 33.2 Å². The van der Waals surface area contributed by atoms with Crippen LogP contribution >= 0.6 is 44.1 Å². The minimum absolute atomic E-state index is 0.105. The van der Waals surface area contributed by atoms with E-state index in [1.165, 1.54) is 12.1 Å². The van der Waals surface area contributed by atoms with Gasteiger partial charge in [0.15, 0.2) is 5.82 Å². The molecule has 0 amide bonds. The van der Waals surface area contributed by atoms with Crippen molar-refractivity contribution in [3.05, 3.63) is 56.0 Å². The first-order valence-electron chi connectivity index (χ1n) is 5.81. The molecular weight excluding hydrogens is 426 g/mol. The van der Waals surface area contributed by atoms with E-state index in [2.05, 4.69) is 37.2 Å². The zero-order chi connectivity index (χ0) is 15.7. The standard InChI is InChI=1S/C14H10Br2F2N2S/c1-6-4-9(17)8(15)5-11(6)20-10-3-2-7(14(19)21)12(16)13(10)18/h2-5,20H,1H3,(H2,19,21). The largest absolute Gasteiger partial charge is 0.389 e. The summed E-state index contributed by atoms with van der Waals surface area (Å²) in [6.07, 6.45) is 0. The Morgan fingerprint density at radius 1 is 1.19 bits per heavy atom. The van der Waals surface area contributed by atoms with Gasteiger partial charge in [0, 0.05) is 11.3 Å². The lowest BCUT2D eigenvalue weighted by atomic mass is 10.1. The fraction of sp³-hybridized carbons (Fsp3) is 0.0714. The molecular formula is C14H10Br2F2N2S. The van der Waals surface area contributed by atoms with Crippen molar-refractivity contribution in [3.63, 3.8) is 0 Å². The second-order valence-electron chi connectivity index (χ2n) is 4.36. The van der Waals surface area contributed by atoms with E-state index in [0.717, 1.165) is 0 Å². The fourth-order valence-electron chi connectivity index (χ4n) is 1.76. The third-order valence-corrected chi connectivity index (χ3v) is 4.49. The maximum absolute atomic E-state index is 14.3. The molecule has 0 aliphatic carbocycles. The number of hydrogen-bond acceptors (Lipinski definition) is 2. The highest BCUT2D eigenvalue weighted by atomic mass is 79.9. The third kappa shape index (κ3) is 3.41. The molecule has 0 unspecified atom stereocenters. The highest BCUT2D eigenvalue weighted by Crippen LogP contribution is 2.32. The van der Waals surface area contributed by atoms with Gasteiger partial charge in [-0.3, -0.25) is 0 Å². The highest BCUT2D eigenvalue weighted by molar-refractivity contribution is 9.10. The van der Waals surface area contributed by atoms with E-state index in [1.807, 2.05) is 0 Å². The van der Waals surface area contributed by atoms with Crippen molar-refractivity contribution in [2.75, 3.05) is 5.32 Å². The minimum atomic E-state index is -0.514. The van der Waals surface area contributed by atoms with Crippen LogP contribution in [0.4, 0.5) is 20.2 Å². The number of nitrogens with two attached hydrogens (primary N) is 1. The van der Waals surface area contributed by atoms with Gasteiger partial charge in [0.05, 0.1) is 14.6 Å². The topological polar surface area (TPSA) is 38.0 Å². The predicted octanol–water partition coefficient (Wildman–Crippen LogP) is 5.18. The SMILES string of the molecule is Cc1cc(F)c(Br)cc1Nc1ccc(C(N)=S)c(Br)c1F. The Kier molecular flexibility index (Phi) is 4.95. The molecule has 2 nitrogen and oxygen atoms in total. The van der Waals surface area contributed by atoms with Gasteiger partial charge in [0.2, 0.25) is 0 Å². The Hall–Kier alpha value is -1.05. The van der Waals surface area contributed by atoms with E-state index in [1.54, 1.807) is 19.1 Å². The third-order valence-electron chi connectivity index (χ3n) is 2.88. The molecule has 21 heavy (non-hydrogen) atoms. The number of anilines is 2. The average molecular weight is 436 g/mol. The quantitative estimate of drug-likeness (QED) is 0.652. The van der Waals surface area contributed by atoms with E-state index < -0.39 is 5.82 Å². The lowest BCUT2D eigenvalue weighted by molar-refractivity contribution is 0.620.